The van der Waals surface area contributed by atoms with E-state index in [0.717, 1.165) is 27.1 Å². The van der Waals surface area contributed by atoms with E-state index in [2.05, 4.69) is 27.1 Å². The number of rotatable bonds is 2. The first-order valence-corrected chi connectivity index (χ1v) is 6.11. The van der Waals surface area contributed by atoms with Crippen molar-refractivity contribution in [3.8, 4) is 11.8 Å². The van der Waals surface area contributed by atoms with Gasteiger partial charge in [0.25, 0.3) is 0 Å². The summed E-state index contributed by atoms with van der Waals surface area (Å²) >= 11 is 3.52. The molecule has 86 valence electrons. The largest absolute Gasteiger partial charge is 0.226 e. The average molecular weight is 290 g/mol. The lowest BCUT2D eigenvalue weighted by molar-refractivity contribution is 0.838. The summed E-state index contributed by atoms with van der Waals surface area (Å²) in [5, 5.41) is 13.3. The number of hydrogen-bond acceptors (Lipinski definition) is 2. The summed E-state index contributed by atoms with van der Waals surface area (Å²) < 4.78 is 2.71. The normalized spacial score (nSPS) is 10.2. The third kappa shape index (κ3) is 2.11. The van der Waals surface area contributed by atoms with Gasteiger partial charge in [0, 0.05) is 5.56 Å². The first-order valence-electron chi connectivity index (χ1n) is 5.32. The molecule has 4 heteroatoms. The van der Waals surface area contributed by atoms with E-state index in [1.165, 1.54) is 0 Å². The Morgan fingerprint density at radius 2 is 2.06 bits per heavy atom. The van der Waals surface area contributed by atoms with Crippen molar-refractivity contribution in [2.45, 2.75) is 20.3 Å². The lowest BCUT2D eigenvalue weighted by Gasteiger charge is -2.06. The molecule has 0 N–H and O–H groups in total. The molecule has 2 aromatic rings. The molecule has 0 aliphatic carbocycles. The molecule has 0 spiro atoms. The molecule has 0 amide bonds. The second-order valence-corrected chi connectivity index (χ2v) is 4.64. The molecule has 0 fully saturated rings. The van der Waals surface area contributed by atoms with E-state index in [4.69, 9.17) is 5.26 Å². The minimum atomic E-state index is 0.373. The maximum Gasteiger partial charge on any atom is 0.114 e. The van der Waals surface area contributed by atoms with Gasteiger partial charge in [0.2, 0.25) is 0 Å². The van der Waals surface area contributed by atoms with E-state index in [-0.39, 0.29) is 0 Å². The fourth-order valence-electron chi connectivity index (χ4n) is 1.77. The number of para-hydroxylation sites is 1. The summed E-state index contributed by atoms with van der Waals surface area (Å²) in [6.07, 6.45) is 0.373. The highest BCUT2D eigenvalue weighted by atomic mass is 79.9. The van der Waals surface area contributed by atoms with Crippen LogP contribution in [0.25, 0.3) is 5.69 Å². The van der Waals surface area contributed by atoms with Gasteiger partial charge in [-0.3, -0.25) is 0 Å². The molecule has 0 unspecified atom stereocenters. The molecule has 1 heterocycles. The van der Waals surface area contributed by atoms with Gasteiger partial charge in [0.15, 0.2) is 0 Å². The predicted molar refractivity (Wildman–Crippen MR) is 70.1 cm³/mol. The third-order valence-electron chi connectivity index (χ3n) is 2.72. The van der Waals surface area contributed by atoms with Gasteiger partial charge in [0.05, 0.1) is 23.9 Å². The van der Waals surface area contributed by atoms with Gasteiger partial charge in [-0.2, -0.15) is 10.4 Å². The smallest absolute Gasteiger partial charge is 0.114 e. The topological polar surface area (TPSA) is 41.6 Å². The summed E-state index contributed by atoms with van der Waals surface area (Å²) in [4.78, 5) is 0. The molecule has 2 rings (SSSR count). The molecule has 0 aliphatic heterocycles. The van der Waals surface area contributed by atoms with Crippen molar-refractivity contribution in [2.75, 3.05) is 0 Å². The Kier molecular flexibility index (Phi) is 3.30. The average Bonchev–Trinajstić information content (AvgIpc) is 2.58. The van der Waals surface area contributed by atoms with Crippen LogP contribution in [0.1, 0.15) is 16.8 Å². The molecule has 0 atom stereocenters. The van der Waals surface area contributed by atoms with Crippen molar-refractivity contribution in [3.05, 3.63) is 45.7 Å². The zero-order valence-corrected chi connectivity index (χ0v) is 11.3. The summed E-state index contributed by atoms with van der Waals surface area (Å²) in [7, 11) is 0. The van der Waals surface area contributed by atoms with Crippen LogP contribution in [-0.2, 0) is 6.42 Å². The molecule has 17 heavy (non-hydrogen) atoms. The Morgan fingerprint density at radius 3 is 2.71 bits per heavy atom. The Bertz CT molecular complexity index is 593. The van der Waals surface area contributed by atoms with Gasteiger partial charge in [-0.25, -0.2) is 4.68 Å². The summed E-state index contributed by atoms with van der Waals surface area (Å²) in [5.74, 6) is 0. The molecule has 0 bridgehead atoms. The quantitative estimate of drug-likeness (QED) is 0.851. The minimum absolute atomic E-state index is 0.373. The summed E-state index contributed by atoms with van der Waals surface area (Å²) in [6.45, 7) is 3.97. The number of nitriles is 1. The fraction of sp³-hybridized carbons (Fsp3) is 0.231. The van der Waals surface area contributed by atoms with E-state index >= 15 is 0 Å². The number of hydrogen-bond donors (Lipinski definition) is 0. The maximum atomic E-state index is 8.80. The van der Waals surface area contributed by atoms with Crippen molar-refractivity contribution in [3.63, 3.8) is 0 Å². The van der Waals surface area contributed by atoms with Crippen LogP contribution in [0, 0.1) is 25.2 Å². The number of halogens is 1. The van der Waals surface area contributed by atoms with E-state index in [0.29, 0.717) is 6.42 Å². The lowest BCUT2D eigenvalue weighted by Crippen LogP contribution is -1.99. The van der Waals surface area contributed by atoms with Crippen LogP contribution in [0.15, 0.2) is 28.9 Å². The zero-order chi connectivity index (χ0) is 12.4. The van der Waals surface area contributed by atoms with Crippen molar-refractivity contribution >= 4 is 15.9 Å². The van der Waals surface area contributed by atoms with Gasteiger partial charge in [0.1, 0.15) is 4.60 Å². The summed E-state index contributed by atoms with van der Waals surface area (Å²) in [6, 6.07) is 10.2. The SMILES string of the molecule is Cc1ccccc1-n1nc(C)c(CC#N)c1Br. The summed E-state index contributed by atoms with van der Waals surface area (Å²) in [5.41, 5.74) is 4.03. The van der Waals surface area contributed by atoms with Crippen molar-refractivity contribution in [1.29, 1.82) is 5.26 Å². The van der Waals surface area contributed by atoms with Crippen LogP contribution in [0.3, 0.4) is 0 Å². The monoisotopic (exact) mass is 289 g/mol. The first kappa shape index (κ1) is 11.9. The fourth-order valence-corrected chi connectivity index (χ4v) is 2.47. The van der Waals surface area contributed by atoms with Gasteiger partial charge < -0.3 is 0 Å². The van der Waals surface area contributed by atoms with Crippen LogP contribution >= 0.6 is 15.9 Å². The van der Waals surface area contributed by atoms with E-state index in [9.17, 15) is 0 Å². The Balaban J connectivity index is 2.59. The molecule has 0 aliphatic rings. The van der Waals surface area contributed by atoms with Crippen molar-refractivity contribution in [2.24, 2.45) is 0 Å². The first-order chi connectivity index (χ1) is 8.15. The Labute approximate surface area is 109 Å². The van der Waals surface area contributed by atoms with Crippen LogP contribution in [-0.4, -0.2) is 9.78 Å². The van der Waals surface area contributed by atoms with Gasteiger partial charge in [-0.15, -0.1) is 0 Å². The Morgan fingerprint density at radius 1 is 1.35 bits per heavy atom. The molecular formula is C13H12BrN3. The number of nitrogens with zero attached hydrogens (tertiary/aromatic N) is 3. The lowest BCUT2D eigenvalue weighted by atomic mass is 10.2. The second kappa shape index (κ2) is 4.72. The highest BCUT2D eigenvalue weighted by Crippen LogP contribution is 2.25. The van der Waals surface area contributed by atoms with Gasteiger partial charge >= 0.3 is 0 Å². The molecule has 0 saturated carbocycles. The van der Waals surface area contributed by atoms with E-state index < -0.39 is 0 Å². The van der Waals surface area contributed by atoms with E-state index in [1.54, 1.807) is 0 Å². The van der Waals surface area contributed by atoms with Crippen LogP contribution in [0.5, 0.6) is 0 Å². The molecular weight excluding hydrogens is 278 g/mol. The van der Waals surface area contributed by atoms with Crippen molar-refractivity contribution in [1.82, 2.24) is 9.78 Å². The highest BCUT2D eigenvalue weighted by Gasteiger charge is 2.14. The molecule has 1 aromatic heterocycles. The van der Waals surface area contributed by atoms with E-state index in [1.807, 2.05) is 42.8 Å². The van der Waals surface area contributed by atoms with Crippen molar-refractivity contribution < 1.29 is 0 Å². The Hall–Kier alpha value is -1.60. The number of benzene rings is 1. The maximum absolute atomic E-state index is 8.80. The molecule has 1 aromatic carbocycles. The van der Waals surface area contributed by atoms with Crippen LogP contribution in [0.4, 0.5) is 0 Å². The zero-order valence-electron chi connectivity index (χ0n) is 9.74. The van der Waals surface area contributed by atoms with Gasteiger partial charge in [-0.05, 0) is 41.4 Å². The molecule has 0 saturated heterocycles. The predicted octanol–water partition coefficient (Wildman–Crippen LogP) is 3.32. The number of aryl methyl sites for hydroxylation is 2. The van der Waals surface area contributed by atoms with Crippen LogP contribution < -0.4 is 0 Å². The highest BCUT2D eigenvalue weighted by molar-refractivity contribution is 9.10. The minimum Gasteiger partial charge on any atom is -0.226 e. The number of aromatic nitrogens is 2. The second-order valence-electron chi connectivity index (χ2n) is 3.89. The standard InChI is InChI=1S/C13H12BrN3/c1-9-5-3-4-6-12(9)17-13(14)11(7-8-15)10(2)16-17/h3-6H,7H2,1-2H3. The molecule has 3 nitrogen and oxygen atoms in total. The van der Waals surface area contributed by atoms with Crippen LogP contribution in [0.2, 0.25) is 0 Å². The third-order valence-corrected chi connectivity index (χ3v) is 3.54. The van der Waals surface area contributed by atoms with Gasteiger partial charge in [-0.1, -0.05) is 18.2 Å². The molecule has 0 radical (unpaired) electrons.